The van der Waals surface area contributed by atoms with Gasteiger partial charge in [0, 0.05) is 6.07 Å². The summed E-state index contributed by atoms with van der Waals surface area (Å²) in [7, 11) is 0. The molecular formula is C21H17N3O6. The second kappa shape index (κ2) is 8.82. The zero-order valence-corrected chi connectivity index (χ0v) is 15.9. The van der Waals surface area contributed by atoms with Crippen molar-refractivity contribution in [3.63, 3.8) is 0 Å². The van der Waals surface area contributed by atoms with Gasteiger partial charge in [-0.1, -0.05) is 30.3 Å². The molecule has 0 fully saturated rings. The van der Waals surface area contributed by atoms with Gasteiger partial charge in [-0.2, -0.15) is 9.78 Å². The maximum absolute atomic E-state index is 12.7. The van der Waals surface area contributed by atoms with Gasteiger partial charge < -0.3 is 15.2 Å². The van der Waals surface area contributed by atoms with Crippen molar-refractivity contribution < 1.29 is 24.2 Å². The minimum atomic E-state index is -1.29. The molecule has 2 aromatic carbocycles. The summed E-state index contributed by atoms with van der Waals surface area (Å²) >= 11 is 0. The van der Waals surface area contributed by atoms with Crippen LogP contribution in [0.25, 0.3) is 5.69 Å². The van der Waals surface area contributed by atoms with Crippen LogP contribution in [0.15, 0.2) is 65.5 Å². The zero-order chi connectivity index (χ0) is 21.7. The van der Waals surface area contributed by atoms with Gasteiger partial charge in [-0.25, -0.2) is 9.59 Å². The third kappa shape index (κ3) is 4.25. The number of ether oxygens (including phenoxy) is 1. The summed E-state index contributed by atoms with van der Waals surface area (Å²) in [6.07, 6.45) is 0. The van der Waals surface area contributed by atoms with Gasteiger partial charge in [0.2, 0.25) is 0 Å². The largest absolute Gasteiger partial charge is 0.478 e. The van der Waals surface area contributed by atoms with Crippen molar-refractivity contribution in [2.24, 2.45) is 0 Å². The second-order valence-corrected chi connectivity index (χ2v) is 6.02. The van der Waals surface area contributed by atoms with Crippen LogP contribution in [-0.4, -0.2) is 39.3 Å². The summed E-state index contributed by atoms with van der Waals surface area (Å²) in [6, 6.07) is 15.0. The minimum absolute atomic E-state index is 0.0558. The molecule has 0 atom stereocenters. The Morgan fingerprint density at radius 1 is 1.03 bits per heavy atom. The first-order valence-corrected chi connectivity index (χ1v) is 8.93. The number of carbonyl (C=O) groups is 3. The molecule has 2 N–H and O–H groups in total. The summed E-state index contributed by atoms with van der Waals surface area (Å²) in [5.74, 6) is -2.94. The van der Waals surface area contributed by atoms with E-state index in [0.29, 0.717) is 5.69 Å². The monoisotopic (exact) mass is 407 g/mol. The third-order valence-corrected chi connectivity index (χ3v) is 4.05. The molecule has 0 bridgehead atoms. The Kier molecular flexibility index (Phi) is 6.02. The van der Waals surface area contributed by atoms with E-state index in [1.807, 2.05) is 0 Å². The number of aromatic nitrogens is 2. The van der Waals surface area contributed by atoms with Crippen molar-refractivity contribution in [1.29, 1.82) is 0 Å². The highest BCUT2D eigenvalue weighted by molar-refractivity contribution is 6.12. The Balaban J connectivity index is 2.07. The fourth-order valence-corrected chi connectivity index (χ4v) is 2.71. The van der Waals surface area contributed by atoms with Gasteiger partial charge in [0.25, 0.3) is 11.5 Å². The number of nitrogens with zero attached hydrogens (tertiary/aromatic N) is 2. The molecule has 0 aliphatic heterocycles. The molecule has 1 amide bonds. The van der Waals surface area contributed by atoms with Crippen molar-refractivity contribution >= 4 is 23.5 Å². The molecule has 9 nitrogen and oxygen atoms in total. The van der Waals surface area contributed by atoms with E-state index in [1.165, 1.54) is 24.3 Å². The van der Waals surface area contributed by atoms with Crippen LogP contribution in [0, 0.1) is 0 Å². The summed E-state index contributed by atoms with van der Waals surface area (Å²) in [5.41, 5.74) is -1.01. The number of hydrogen-bond acceptors (Lipinski definition) is 6. The Hall–Kier alpha value is -4.27. The molecular weight excluding hydrogens is 390 g/mol. The average Bonchev–Trinajstić information content (AvgIpc) is 2.74. The van der Waals surface area contributed by atoms with Crippen LogP contribution >= 0.6 is 0 Å². The Bertz CT molecular complexity index is 1170. The van der Waals surface area contributed by atoms with E-state index in [-0.39, 0.29) is 29.1 Å². The van der Waals surface area contributed by atoms with Crippen LogP contribution in [0.2, 0.25) is 0 Å². The molecule has 0 saturated carbocycles. The fourth-order valence-electron chi connectivity index (χ4n) is 2.71. The van der Waals surface area contributed by atoms with Gasteiger partial charge in [0.1, 0.15) is 0 Å². The number of para-hydroxylation sites is 1. The molecule has 3 aromatic rings. The van der Waals surface area contributed by atoms with Gasteiger partial charge in [-0.3, -0.25) is 9.59 Å². The van der Waals surface area contributed by atoms with Crippen LogP contribution in [0.4, 0.5) is 5.69 Å². The number of esters is 1. The van der Waals surface area contributed by atoms with E-state index in [9.17, 15) is 24.3 Å². The van der Waals surface area contributed by atoms with Crippen molar-refractivity contribution in [3.05, 3.63) is 87.8 Å². The minimum Gasteiger partial charge on any atom is -0.478 e. The first-order chi connectivity index (χ1) is 14.4. The highest BCUT2D eigenvalue weighted by Gasteiger charge is 2.22. The number of anilines is 1. The van der Waals surface area contributed by atoms with Gasteiger partial charge in [0.05, 0.1) is 29.1 Å². The lowest BCUT2D eigenvalue weighted by molar-refractivity contribution is 0.0518. The molecule has 30 heavy (non-hydrogen) atoms. The lowest BCUT2D eigenvalue weighted by Gasteiger charge is -2.13. The van der Waals surface area contributed by atoms with E-state index in [0.717, 1.165) is 10.7 Å². The van der Waals surface area contributed by atoms with Gasteiger partial charge >= 0.3 is 11.9 Å². The predicted octanol–water partition coefficient (Wildman–Crippen LogP) is 2.36. The molecule has 1 heterocycles. The highest BCUT2D eigenvalue weighted by Crippen LogP contribution is 2.17. The molecule has 9 heteroatoms. The highest BCUT2D eigenvalue weighted by atomic mass is 16.5. The molecule has 0 spiro atoms. The Labute approximate surface area is 170 Å². The molecule has 0 unspecified atom stereocenters. The molecule has 3 rings (SSSR count). The summed E-state index contributed by atoms with van der Waals surface area (Å²) in [6.45, 7) is 1.66. The second-order valence-electron chi connectivity index (χ2n) is 6.02. The molecule has 0 aliphatic carbocycles. The molecule has 0 saturated heterocycles. The lowest BCUT2D eigenvalue weighted by atomic mass is 10.1. The topological polar surface area (TPSA) is 128 Å². The maximum Gasteiger partial charge on any atom is 0.360 e. The number of rotatable bonds is 6. The summed E-state index contributed by atoms with van der Waals surface area (Å²) < 4.78 is 5.99. The van der Waals surface area contributed by atoms with E-state index in [2.05, 4.69) is 10.4 Å². The first kappa shape index (κ1) is 20.5. The number of carbonyl (C=O) groups excluding carboxylic acids is 2. The lowest BCUT2D eigenvalue weighted by Crippen LogP contribution is -2.27. The van der Waals surface area contributed by atoms with Crippen molar-refractivity contribution in [2.75, 3.05) is 11.9 Å². The summed E-state index contributed by atoms with van der Waals surface area (Å²) in [4.78, 5) is 49.0. The number of aromatic carboxylic acids is 1. The van der Waals surface area contributed by atoms with Gasteiger partial charge in [-0.15, -0.1) is 0 Å². The third-order valence-electron chi connectivity index (χ3n) is 4.05. The van der Waals surface area contributed by atoms with Crippen molar-refractivity contribution in [2.45, 2.75) is 6.92 Å². The van der Waals surface area contributed by atoms with Gasteiger partial charge in [0.15, 0.2) is 5.69 Å². The number of benzene rings is 2. The average molecular weight is 407 g/mol. The van der Waals surface area contributed by atoms with Gasteiger partial charge in [-0.05, 0) is 31.2 Å². The maximum atomic E-state index is 12.7. The van der Waals surface area contributed by atoms with Crippen LogP contribution < -0.4 is 10.9 Å². The SMILES string of the molecule is CCOC(=O)c1nn(-c2ccccc2)c(=O)cc1NC(=O)c1ccccc1C(=O)O. The molecule has 152 valence electrons. The number of carboxylic acids is 1. The molecule has 0 aliphatic rings. The number of nitrogens with one attached hydrogen (secondary N) is 1. The van der Waals surface area contributed by atoms with E-state index in [4.69, 9.17) is 4.74 Å². The zero-order valence-electron chi connectivity index (χ0n) is 15.9. The smallest absolute Gasteiger partial charge is 0.360 e. The van der Waals surface area contributed by atoms with Crippen molar-refractivity contribution in [1.82, 2.24) is 9.78 Å². The van der Waals surface area contributed by atoms with Crippen molar-refractivity contribution in [3.8, 4) is 5.69 Å². The molecule has 0 radical (unpaired) electrons. The number of amides is 1. The summed E-state index contributed by atoms with van der Waals surface area (Å²) in [5, 5.41) is 15.7. The Morgan fingerprint density at radius 2 is 1.67 bits per heavy atom. The Morgan fingerprint density at radius 3 is 2.30 bits per heavy atom. The first-order valence-electron chi connectivity index (χ1n) is 8.93. The van der Waals surface area contributed by atoms with E-state index >= 15 is 0 Å². The predicted molar refractivity (Wildman–Crippen MR) is 107 cm³/mol. The van der Waals surface area contributed by atoms with E-state index in [1.54, 1.807) is 37.3 Å². The fraction of sp³-hybridized carbons (Fsp3) is 0.0952. The normalized spacial score (nSPS) is 10.3. The van der Waals surface area contributed by atoms with Crippen LogP contribution in [-0.2, 0) is 4.74 Å². The van der Waals surface area contributed by atoms with Crippen LogP contribution in [0.1, 0.15) is 38.1 Å². The number of carboxylic acid groups (broad SMARTS) is 1. The van der Waals surface area contributed by atoms with Crippen LogP contribution in [0.5, 0.6) is 0 Å². The quantitative estimate of drug-likeness (QED) is 0.600. The number of hydrogen-bond donors (Lipinski definition) is 2. The van der Waals surface area contributed by atoms with Crippen LogP contribution in [0.3, 0.4) is 0 Å². The standard InChI is InChI=1S/C21H17N3O6/c1-2-30-21(29)18-16(12-17(25)24(23-18)13-8-4-3-5-9-13)22-19(26)14-10-6-7-11-15(14)20(27)28/h3-12H,2H2,1H3,(H,22,26)(H,27,28). The molecule has 1 aromatic heterocycles. The van der Waals surface area contributed by atoms with E-state index < -0.39 is 23.4 Å².